The van der Waals surface area contributed by atoms with E-state index in [9.17, 15) is 32.7 Å². The minimum atomic E-state index is -4.97. The summed E-state index contributed by atoms with van der Waals surface area (Å²) < 4.78 is 48.4. The van der Waals surface area contributed by atoms with E-state index in [1.165, 1.54) is 0 Å². The molecule has 220 valence electrons. The Hall–Kier alpha value is -3.90. The number of hydrogen-bond donors (Lipinski definition) is 2. The molecule has 2 aromatic rings. The van der Waals surface area contributed by atoms with Gasteiger partial charge in [-0.25, -0.2) is 14.8 Å². The lowest BCUT2D eigenvalue weighted by molar-refractivity contribution is -0.146. The van der Waals surface area contributed by atoms with E-state index in [1.807, 2.05) is 6.07 Å². The number of alkyl halides is 3. The molecule has 5 rings (SSSR count). The van der Waals surface area contributed by atoms with Gasteiger partial charge in [0, 0.05) is 51.3 Å². The number of fused-ring (bicyclic) bond motifs is 1. The van der Waals surface area contributed by atoms with E-state index in [-0.39, 0.29) is 30.8 Å². The minimum Gasteiger partial charge on any atom is -0.490 e. The lowest BCUT2D eigenvalue weighted by atomic mass is 9.81. The number of nitrogens with zero attached hydrogens (tertiary/aromatic N) is 4. The molecule has 13 heteroatoms. The number of hydrogen-bond acceptors (Lipinski definition) is 7. The molecule has 1 aliphatic carbocycles. The number of nitrogens with one attached hydrogen (secondary N) is 1. The molecule has 1 aromatic heterocycles. The third kappa shape index (κ3) is 5.94. The number of ether oxygens (including phenoxy) is 1. The number of carbonyl (C=O) groups is 3. The number of anilines is 2. The van der Waals surface area contributed by atoms with Crippen LogP contribution in [0, 0.1) is 0 Å². The molecular weight excluding hydrogens is 543 g/mol. The molecule has 2 fully saturated rings. The van der Waals surface area contributed by atoms with Crippen molar-refractivity contribution in [1.29, 1.82) is 0 Å². The number of carboxylic acid groups (broad SMARTS) is 1. The van der Waals surface area contributed by atoms with Gasteiger partial charge in [0.25, 0.3) is 5.91 Å². The summed E-state index contributed by atoms with van der Waals surface area (Å²) in [5.74, 6) is -1.95. The molecule has 10 nitrogen and oxygen atoms in total. The molecule has 41 heavy (non-hydrogen) atoms. The smallest absolute Gasteiger partial charge is 0.434 e. The van der Waals surface area contributed by atoms with E-state index in [2.05, 4.69) is 15.3 Å². The largest absolute Gasteiger partial charge is 0.490 e. The fourth-order valence-corrected chi connectivity index (χ4v) is 5.86. The van der Waals surface area contributed by atoms with E-state index in [0.29, 0.717) is 63.2 Å². The third-order valence-corrected chi connectivity index (χ3v) is 8.14. The SMILES string of the molecule is CC(=O)N1CCC(Oc2ccc3c(c2)CCN3c2ncc(C(=O)NC3(C(=O)O)CCCCC3)c(C(F)(F)F)n2)CC1. The van der Waals surface area contributed by atoms with Crippen LogP contribution in [0.25, 0.3) is 0 Å². The number of carbonyl (C=O) groups excluding carboxylic acids is 2. The number of aliphatic carboxylic acids is 1. The van der Waals surface area contributed by atoms with E-state index in [1.54, 1.807) is 28.9 Å². The fourth-order valence-electron chi connectivity index (χ4n) is 5.86. The van der Waals surface area contributed by atoms with Crippen LogP contribution in [0.2, 0.25) is 0 Å². The average molecular weight is 576 g/mol. The first-order chi connectivity index (χ1) is 19.5. The maximum atomic E-state index is 14.1. The molecule has 0 radical (unpaired) electrons. The van der Waals surface area contributed by atoms with Crippen molar-refractivity contribution in [2.75, 3.05) is 24.5 Å². The summed E-state index contributed by atoms with van der Waals surface area (Å²) in [5, 5.41) is 12.1. The number of benzene rings is 1. The predicted molar refractivity (Wildman–Crippen MR) is 141 cm³/mol. The van der Waals surface area contributed by atoms with Crippen molar-refractivity contribution in [3.63, 3.8) is 0 Å². The summed E-state index contributed by atoms with van der Waals surface area (Å²) in [4.78, 5) is 47.7. The van der Waals surface area contributed by atoms with Crippen LogP contribution in [-0.4, -0.2) is 69.0 Å². The second-order valence-corrected chi connectivity index (χ2v) is 10.8. The molecular formula is C28H32F3N5O5. The highest BCUT2D eigenvalue weighted by Gasteiger charge is 2.44. The summed E-state index contributed by atoms with van der Waals surface area (Å²) in [6, 6.07) is 5.35. The second kappa shape index (κ2) is 11.2. The van der Waals surface area contributed by atoms with Gasteiger partial charge in [0.15, 0.2) is 5.69 Å². The number of aromatic nitrogens is 2. The van der Waals surface area contributed by atoms with Crippen molar-refractivity contribution < 1.29 is 37.4 Å². The van der Waals surface area contributed by atoms with Gasteiger partial charge in [-0.3, -0.25) is 9.59 Å². The van der Waals surface area contributed by atoms with Crippen LogP contribution in [0.1, 0.15) is 73.5 Å². The number of rotatable bonds is 6. The maximum Gasteiger partial charge on any atom is 0.434 e. The van der Waals surface area contributed by atoms with E-state index >= 15 is 0 Å². The highest BCUT2D eigenvalue weighted by Crippen LogP contribution is 2.38. The zero-order chi connectivity index (χ0) is 29.4. The molecule has 0 bridgehead atoms. The summed E-state index contributed by atoms with van der Waals surface area (Å²) in [6.45, 7) is 3.13. The molecule has 0 unspecified atom stereocenters. The Morgan fingerprint density at radius 1 is 1.10 bits per heavy atom. The highest BCUT2D eigenvalue weighted by atomic mass is 19.4. The zero-order valence-electron chi connectivity index (χ0n) is 22.7. The maximum absolute atomic E-state index is 14.1. The van der Waals surface area contributed by atoms with Gasteiger partial charge in [-0.1, -0.05) is 19.3 Å². The summed E-state index contributed by atoms with van der Waals surface area (Å²) in [7, 11) is 0. The van der Waals surface area contributed by atoms with Crippen molar-refractivity contribution in [2.24, 2.45) is 0 Å². The van der Waals surface area contributed by atoms with Crippen LogP contribution in [-0.2, 0) is 22.2 Å². The number of halogens is 3. The standard InChI is InChI=1S/C28H32F3N5O5/c1-17(37)35-12-8-19(9-13-35)41-20-5-6-22-18(15-20)7-14-36(22)26-32-16-21(23(33-26)28(29,30)31)24(38)34-27(25(39)40)10-3-2-4-11-27/h5-6,15-16,19H,2-4,7-14H2,1H3,(H,34,38)(H,39,40). The van der Waals surface area contributed by atoms with Crippen molar-refractivity contribution in [3.05, 3.63) is 41.2 Å². The second-order valence-electron chi connectivity index (χ2n) is 10.8. The Morgan fingerprint density at radius 2 is 1.80 bits per heavy atom. The summed E-state index contributed by atoms with van der Waals surface area (Å²) >= 11 is 0. The van der Waals surface area contributed by atoms with Gasteiger partial charge in [-0.15, -0.1) is 0 Å². The van der Waals surface area contributed by atoms with Gasteiger partial charge in [0.2, 0.25) is 11.9 Å². The Bertz CT molecular complexity index is 1340. The van der Waals surface area contributed by atoms with Crippen molar-refractivity contribution >= 4 is 29.4 Å². The topological polar surface area (TPSA) is 125 Å². The molecule has 2 N–H and O–H groups in total. The Morgan fingerprint density at radius 3 is 2.44 bits per heavy atom. The van der Waals surface area contributed by atoms with E-state index in [0.717, 1.165) is 18.2 Å². The number of piperidine rings is 1. The zero-order valence-corrected chi connectivity index (χ0v) is 22.7. The van der Waals surface area contributed by atoms with Crippen LogP contribution < -0.4 is 15.0 Å². The minimum absolute atomic E-state index is 0.0357. The highest BCUT2D eigenvalue weighted by molar-refractivity contribution is 5.98. The number of likely N-dealkylation sites (tertiary alicyclic amines) is 1. The normalized spacial score (nSPS) is 19.0. The lowest BCUT2D eigenvalue weighted by Crippen LogP contribution is -2.55. The first-order valence-corrected chi connectivity index (χ1v) is 13.8. The van der Waals surface area contributed by atoms with Crippen LogP contribution >= 0.6 is 0 Å². The van der Waals surface area contributed by atoms with Gasteiger partial charge in [0.1, 0.15) is 17.4 Å². The van der Waals surface area contributed by atoms with Crippen molar-refractivity contribution in [3.8, 4) is 5.75 Å². The van der Waals surface area contributed by atoms with Crippen LogP contribution in [0.3, 0.4) is 0 Å². The first kappa shape index (κ1) is 28.6. The molecule has 2 amide bonds. The molecule has 1 saturated heterocycles. The van der Waals surface area contributed by atoms with Gasteiger partial charge >= 0.3 is 12.1 Å². The Balaban J connectivity index is 1.34. The Kier molecular flexibility index (Phi) is 7.80. The first-order valence-electron chi connectivity index (χ1n) is 13.8. The lowest BCUT2D eigenvalue weighted by Gasteiger charge is -2.34. The molecule has 3 aliphatic rings. The van der Waals surface area contributed by atoms with Crippen LogP contribution in [0.4, 0.5) is 24.8 Å². The van der Waals surface area contributed by atoms with Gasteiger partial charge in [-0.2, -0.15) is 13.2 Å². The van der Waals surface area contributed by atoms with Gasteiger partial charge in [0.05, 0.1) is 5.56 Å². The Labute approximate surface area is 234 Å². The van der Waals surface area contributed by atoms with Crippen molar-refractivity contribution in [1.82, 2.24) is 20.2 Å². The van der Waals surface area contributed by atoms with Crippen molar-refractivity contribution in [2.45, 2.75) is 76.1 Å². The average Bonchev–Trinajstić information content (AvgIpc) is 3.36. The van der Waals surface area contributed by atoms with Gasteiger partial charge in [-0.05, 0) is 43.0 Å². The monoisotopic (exact) mass is 575 g/mol. The predicted octanol–water partition coefficient (Wildman–Crippen LogP) is 4.10. The number of carboxylic acids is 1. The molecule has 2 aliphatic heterocycles. The summed E-state index contributed by atoms with van der Waals surface area (Å²) in [6.07, 6.45) is -0.0491. The molecule has 3 heterocycles. The molecule has 0 spiro atoms. The molecule has 0 atom stereocenters. The van der Waals surface area contributed by atoms with Crippen LogP contribution in [0.5, 0.6) is 5.75 Å². The summed E-state index contributed by atoms with van der Waals surface area (Å²) in [5.41, 5.74) is -2.34. The number of amides is 2. The quantitative estimate of drug-likeness (QED) is 0.528. The van der Waals surface area contributed by atoms with E-state index in [4.69, 9.17) is 4.74 Å². The van der Waals surface area contributed by atoms with E-state index < -0.39 is 34.8 Å². The third-order valence-electron chi connectivity index (χ3n) is 8.14. The van der Waals surface area contributed by atoms with Crippen LogP contribution in [0.15, 0.2) is 24.4 Å². The molecule has 1 aromatic carbocycles. The fraction of sp³-hybridized carbons (Fsp3) is 0.536. The molecule has 1 saturated carbocycles. The van der Waals surface area contributed by atoms with Gasteiger partial charge < -0.3 is 25.0 Å².